The molecule has 3 heteroatoms. The van der Waals surface area contributed by atoms with E-state index < -0.39 is 5.82 Å². The summed E-state index contributed by atoms with van der Waals surface area (Å²) in [6.45, 7) is 0.403. The van der Waals surface area contributed by atoms with Gasteiger partial charge in [0.1, 0.15) is 18.2 Å². The van der Waals surface area contributed by atoms with Crippen molar-refractivity contribution < 1.29 is 13.9 Å². The Hall–Kier alpha value is -2.16. The number of aldehydes is 1. The Morgan fingerprint density at radius 2 is 1.82 bits per heavy atom. The molecule has 1 fully saturated rings. The second-order valence-electron chi connectivity index (χ2n) is 5.75. The molecule has 3 rings (SSSR count). The number of benzene rings is 2. The summed E-state index contributed by atoms with van der Waals surface area (Å²) in [4.78, 5) is 11.0. The van der Waals surface area contributed by atoms with E-state index in [1.165, 1.54) is 6.07 Å². The van der Waals surface area contributed by atoms with Crippen molar-refractivity contribution in [3.63, 3.8) is 0 Å². The maximum Gasteiger partial charge on any atom is 0.153 e. The quantitative estimate of drug-likeness (QED) is 0.736. The second-order valence-corrected chi connectivity index (χ2v) is 5.75. The van der Waals surface area contributed by atoms with Crippen molar-refractivity contribution in [1.82, 2.24) is 0 Å². The minimum absolute atomic E-state index is 0.119. The van der Waals surface area contributed by atoms with Gasteiger partial charge in [0.2, 0.25) is 0 Å². The zero-order valence-electron chi connectivity index (χ0n) is 12.4. The van der Waals surface area contributed by atoms with Crippen molar-refractivity contribution in [3.05, 3.63) is 65.0 Å². The van der Waals surface area contributed by atoms with E-state index in [1.807, 2.05) is 30.3 Å². The molecule has 1 aliphatic carbocycles. The van der Waals surface area contributed by atoms with Crippen molar-refractivity contribution in [2.45, 2.75) is 38.2 Å². The lowest BCUT2D eigenvalue weighted by atomic mass is 9.94. The Bertz CT molecular complexity index is 646. The molecule has 0 atom stereocenters. The van der Waals surface area contributed by atoms with Crippen molar-refractivity contribution in [1.29, 1.82) is 0 Å². The highest BCUT2D eigenvalue weighted by atomic mass is 19.1. The molecule has 2 aromatic rings. The van der Waals surface area contributed by atoms with Crippen molar-refractivity contribution in [3.8, 4) is 5.75 Å². The third kappa shape index (κ3) is 3.03. The largest absolute Gasteiger partial charge is 0.489 e. The molecular formula is C19H19FO2. The van der Waals surface area contributed by atoms with Crippen LogP contribution in [-0.2, 0) is 6.61 Å². The standard InChI is InChI=1S/C19H19FO2/c20-19-16(12-21)10-11-17(18(19)15-8-4-5-9-15)22-13-14-6-2-1-3-7-14/h1-3,6-7,10-12,15H,4-5,8-9,13H2. The van der Waals surface area contributed by atoms with Gasteiger partial charge in [-0.05, 0) is 36.5 Å². The van der Waals surface area contributed by atoms with Gasteiger partial charge in [-0.25, -0.2) is 4.39 Å². The van der Waals surface area contributed by atoms with Crippen molar-refractivity contribution in [2.75, 3.05) is 0 Å². The molecular weight excluding hydrogens is 279 g/mol. The fourth-order valence-corrected chi connectivity index (χ4v) is 3.14. The fraction of sp³-hybridized carbons (Fsp3) is 0.316. The van der Waals surface area contributed by atoms with Gasteiger partial charge in [0.25, 0.3) is 0 Å². The summed E-state index contributed by atoms with van der Waals surface area (Å²) in [5.74, 6) is 0.317. The molecule has 0 radical (unpaired) electrons. The SMILES string of the molecule is O=Cc1ccc(OCc2ccccc2)c(C2CCCC2)c1F. The number of hydrogen-bond acceptors (Lipinski definition) is 2. The van der Waals surface area contributed by atoms with Crippen LogP contribution in [0.25, 0.3) is 0 Å². The molecule has 0 aromatic heterocycles. The molecule has 22 heavy (non-hydrogen) atoms. The molecule has 0 aliphatic heterocycles. The summed E-state index contributed by atoms with van der Waals surface area (Å²) in [7, 11) is 0. The van der Waals surface area contributed by atoms with Gasteiger partial charge in [0.05, 0.1) is 5.56 Å². The molecule has 1 aliphatic rings. The molecule has 0 heterocycles. The first-order valence-corrected chi connectivity index (χ1v) is 7.74. The fourth-order valence-electron chi connectivity index (χ4n) is 3.14. The van der Waals surface area contributed by atoms with Crippen LogP contribution in [0.3, 0.4) is 0 Å². The summed E-state index contributed by atoms with van der Waals surface area (Å²) < 4.78 is 20.5. The van der Waals surface area contributed by atoms with Crippen LogP contribution in [0.1, 0.15) is 53.1 Å². The minimum Gasteiger partial charge on any atom is -0.489 e. The van der Waals surface area contributed by atoms with Crippen molar-refractivity contribution in [2.24, 2.45) is 0 Å². The molecule has 0 amide bonds. The lowest BCUT2D eigenvalue weighted by Crippen LogP contribution is -2.06. The lowest BCUT2D eigenvalue weighted by Gasteiger charge is -2.18. The van der Waals surface area contributed by atoms with Crippen LogP contribution in [-0.4, -0.2) is 6.29 Å². The van der Waals surface area contributed by atoms with E-state index >= 15 is 0 Å². The highest BCUT2D eigenvalue weighted by molar-refractivity contribution is 5.76. The molecule has 2 nitrogen and oxygen atoms in total. The number of carbonyl (C=O) groups excluding carboxylic acids is 1. The number of carbonyl (C=O) groups is 1. The van der Waals surface area contributed by atoms with E-state index in [9.17, 15) is 9.18 Å². The summed E-state index contributed by atoms with van der Waals surface area (Å²) in [5.41, 5.74) is 1.74. The summed E-state index contributed by atoms with van der Waals surface area (Å²) in [6.07, 6.45) is 4.71. The Morgan fingerprint density at radius 3 is 2.50 bits per heavy atom. The summed E-state index contributed by atoms with van der Waals surface area (Å²) in [5, 5.41) is 0. The van der Waals surface area contributed by atoms with E-state index in [-0.39, 0.29) is 11.5 Å². The van der Waals surface area contributed by atoms with E-state index in [2.05, 4.69) is 0 Å². The number of rotatable bonds is 5. The molecule has 0 unspecified atom stereocenters. The minimum atomic E-state index is -0.410. The first-order valence-electron chi connectivity index (χ1n) is 7.74. The maximum absolute atomic E-state index is 14.6. The Balaban J connectivity index is 1.89. The highest BCUT2D eigenvalue weighted by Crippen LogP contribution is 2.41. The predicted octanol–water partition coefficient (Wildman–Crippen LogP) is 4.87. The smallest absolute Gasteiger partial charge is 0.153 e. The zero-order chi connectivity index (χ0) is 15.4. The van der Waals surface area contributed by atoms with Gasteiger partial charge >= 0.3 is 0 Å². The van der Waals surface area contributed by atoms with Gasteiger partial charge in [-0.15, -0.1) is 0 Å². The third-order valence-corrected chi connectivity index (χ3v) is 4.30. The van der Waals surface area contributed by atoms with Crippen LogP contribution in [0.15, 0.2) is 42.5 Å². The summed E-state index contributed by atoms with van der Waals surface area (Å²) >= 11 is 0. The van der Waals surface area contributed by atoms with E-state index in [1.54, 1.807) is 6.07 Å². The molecule has 0 saturated heterocycles. The van der Waals surface area contributed by atoms with E-state index in [4.69, 9.17) is 4.74 Å². The molecule has 0 bridgehead atoms. The van der Waals surface area contributed by atoms with Gasteiger partial charge in [0, 0.05) is 5.56 Å². The van der Waals surface area contributed by atoms with Crippen LogP contribution in [0.5, 0.6) is 5.75 Å². The molecule has 1 saturated carbocycles. The van der Waals surface area contributed by atoms with Gasteiger partial charge in [-0.2, -0.15) is 0 Å². The number of ether oxygens (including phenoxy) is 1. The lowest BCUT2D eigenvalue weighted by molar-refractivity contribution is 0.111. The van der Waals surface area contributed by atoms with Crippen LogP contribution in [0.4, 0.5) is 4.39 Å². The topological polar surface area (TPSA) is 26.3 Å². The Labute approximate surface area is 129 Å². The van der Waals surface area contributed by atoms with Crippen LogP contribution in [0, 0.1) is 5.82 Å². The molecule has 2 aromatic carbocycles. The Kier molecular flexibility index (Phi) is 4.52. The molecule has 0 spiro atoms. The van der Waals surface area contributed by atoms with Gasteiger partial charge in [-0.3, -0.25) is 4.79 Å². The van der Waals surface area contributed by atoms with E-state index in [0.717, 1.165) is 31.2 Å². The second kappa shape index (κ2) is 6.73. The zero-order valence-corrected chi connectivity index (χ0v) is 12.4. The average molecular weight is 298 g/mol. The van der Waals surface area contributed by atoms with Crippen molar-refractivity contribution >= 4 is 6.29 Å². The number of hydrogen-bond donors (Lipinski definition) is 0. The predicted molar refractivity (Wildman–Crippen MR) is 83.8 cm³/mol. The number of halogens is 1. The third-order valence-electron chi connectivity index (χ3n) is 4.30. The molecule has 114 valence electrons. The van der Waals surface area contributed by atoms with Gasteiger partial charge in [0.15, 0.2) is 6.29 Å². The van der Waals surface area contributed by atoms with Gasteiger partial charge < -0.3 is 4.74 Å². The Morgan fingerprint density at radius 1 is 1.09 bits per heavy atom. The monoisotopic (exact) mass is 298 g/mol. The maximum atomic E-state index is 14.6. The summed E-state index contributed by atoms with van der Waals surface area (Å²) in [6, 6.07) is 13.0. The normalized spacial score (nSPS) is 15.0. The first kappa shape index (κ1) is 14.8. The molecule has 0 N–H and O–H groups in total. The van der Waals surface area contributed by atoms with E-state index in [0.29, 0.717) is 24.2 Å². The van der Waals surface area contributed by atoms with Crippen LogP contribution in [0.2, 0.25) is 0 Å². The average Bonchev–Trinajstić information content (AvgIpc) is 3.08. The highest BCUT2D eigenvalue weighted by Gasteiger charge is 2.25. The van der Waals surface area contributed by atoms with Gasteiger partial charge in [-0.1, -0.05) is 43.2 Å². The van der Waals surface area contributed by atoms with Crippen LogP contribution < -0.4 is 4.74 Å². The van der Waals surface area contributed by atoms with Crippen LogP contribution >= 0.6 is 0 Å². The first-order chi connectivity index (χ1) is 10.8.